The Morgan fingerprint density at radius 1 is 0.982 bits per heavy atom. The molecule has 4 aliphatic rings. The summed E-state index contributed by atoms with van der Waals surface area (Å²) < 4.78 is 23.9. The molecule has 4 fully saturated rings. The molecule has 302 valence electrons. The zero-order valence-electron chi connectivity index (χ0n) is 33.2. The lowest BCUT2D eigenvalue weighted by molar-refractivity contribution is -0.330. The van der Waals surface area contributed by atoms with Crippen LogP contribution in [0, 0.1) is 35.0 Å². The number of carbonyl (C=O) groups excluding carboxylic acids is 6. The lowest BCUT2D eigenvalue weighted by atomic mass is 9.45. The van der Waals surface area contributed by atoms with E-state index in [4.69, 9.17) is 18.9 Å². The summed E-state index contributed by atoms with van der Waals surface area (Å²) in [5.74, 6) is -9.74. The van der Waals surface area contributed by atoms with Crippen molar-refractivity contribution in [1.29, 1.82) is 0 Å². The summed E-state index contributed by atoms with van der Waals surface area (Å²) in [6, 6.07) is 16.8. The van der Waals surface area contributed by atoms with Crippen LogP contribution in [0.4, 0.5) is 0 Å². The molecular weight excluding hydrogens is 720 g/mol. The highest BCUT2D eigenvalue weighted by Crippen LogP contribution is 2.62. The van der Waals surface area contributed by atoms with Crippen LogP contribution in [0.25, 0.3) is 0 Å². The Hall–Kier alpha value is -4.26. The van der Waals surface area contributed by atoms with Crippen molar-refractivity contribution in [2.45, 2.75) is 122 Å². The number of Topliss-reactive ketones (excluding diaryl/α,β-unsaturated/α-hetero) is 3. The van der Waals surface area contributed by atoms with Crippen molar-refractivity contribution in [3.63, 3.8) is 0 Å². The predicted octanol–water partition coefficient (Wildman–Crippen LogP) is 4.96. The molecule has 0 amide bonds. The van der Waals surface area contributed by atoms with E-state index >= 15 is 0 Å². The molecule has 12 unspecified atom stereocenters. The van der Waals surface area contributed by atoms with Crippen LogP contribution in [-0.4, -0.2) is 87.2 Å². The molecule has 12 nitrogen and oxygen atoms in total. The van der Waals surface area contributed by atoms with Gasteiger partial charge in [-0.25, -0.2) is 4.79 Å². The standard InChI is InChI=1S/C44H54O12/c1-24-29(20-31(46)35(48)30(27-14-10-8-11-15-27)21-33(47)56-41(4,5)6)22-43(52)25(2)34(24)36(49)38(50)42(7)19-18-32-44(23-53-32,55-26(3)45)37(42)39(43)54-40(51)28-16-12-9-13-17-28/h8-17,24-25,29-30,32,34-35,37,39,48,52H,18-23H2,1-7H3. The highest BCUT2D eigenvalue weighted by Gasteiger charge is 2.75. The molecule has 12 atom stereocenters. The molecule has 0 radical (unpaired) electrons. The molecule has 3 aliphatic carbocycles. The van der Waals surface area contributed by atoms with Gasteiger partial charge in [0.2, 0.25) is 11.6 Å². The van der Waals surface area contributed by atoms with E-state index in [1.165, 1.54) is 6.92 Å². The summed E-state index contributed by atoms with van der Waals surface area (Å²) in [4.78, 5) is 83.4. The van der Waals surface area contributed by atoms with Crippen molar-refractivity contribution in [3.05, 3.63) is 71.8 Å². The highest BCUT2D eigenvalue weighted by molar-refractivity contribution is 6.40. The van der Waals surface area contributed by atoms with E-state index in [9.17, 15) is 39.0 Å². The smallest absolute Gasteiger partial charge is 0.338 e. The maximum Gasteiger partial charge on any atom is 0.338 e. The second kappa shape index (κ2) is 15.2. The van der Waals surface area contributed by atoms with Gasteiger partial charge in [-0.1, -0.05) is 69.3 Å². The quantitative estimate of drug-likeness (QED) is 0.189. The largest absolute Gasteiger partial charge is 0.460 e. The number of aliphatic hydroxyl groups is 2. The van der Waals surface area contributed by atoms with Gasteiger partial charge < -0.3 is 29.2 Å². The number of carbonyl (C=O) groups is 6. The molecule has 1 heterocycles. The number of benzene rings is 2. The van der Waals surface area contributed by atoms with Gasteiger partial charge in [-0.15, -0.1) is 0 Å². The summed E-state index contributed by atoms with van der Waals surface area (Å²) in [6.45, 7) is 11.3. The maximum atomic E-state index is 14.7. The number of hydrogen-bond acceptors (Lipinski definition) is 12. The topological polar surface area (TPSA) is 180 Å². The fourth-order valence-corrected chi connectivity index (χ4v) is 10.3. The van der Waals surface area contributed by atoms with Gasteiger partial charge in [0.25, 0.3) is 0 Å². The highest BCUT2D eigenvalue weighted by atomic mass is 16.6. The van der Waals surface area contributed by atoms with Crippen molar-refractivity contribution >= 4 is 35.3 Å². The molecule has 1 saturated heterocycles. The Balaban J connectivity index is 1.42. The minimum absolute atomic E-state index is 0.144. The predicted molar refractivity (Wildman–Crippen MR) is 201 cm³/mol. The molecule has 2 aromatic carbocycles. The molecule has 2 aromatic rings. The van der Waals surface area contributed by atoms with Gasteiger partial charge in [-0.05, 0) is 75.5 Å². The van der Waals surface area contributed by atoms with Crippen LogP contribution in [-0.2, 0) is 42.9 Å². The lowest BCUT2D eigenvalue weighted by Gasteiger charge is -2.65. The monoisotopic (exact) mass is 774 g/mol. The average Bonchev–Trinajstić information content (AvgIpc) is 3.13. The molecule has 12 heteroatoms. The van der Waals surface area contributed by atoms with Gasteiger partial charge in [0.1, 0.15) is 29.5 Å². The number of hydrogen-bond donors (Lipinski definition) is 2. The zero-order valence-corrected chi connectivity index (χ0v) is 33.2. The number of aliphatic hydroxyl groups excluding tert-OH is 1. The minimum Gasteiger partial charge on any atom is -0.460 e. The normalized spacial score (nSPS) is 34.9. The van der Waals surface area contributed by atoms with Gasteiger partial charge in [0, 0.05) is 30.6 Å². The Kier molecular flexibility index (Phi) is 11.3. The molecule has 2 bridgehead atoms. The number of rotatable bonds is 10. The van der Waals surface area contributed by atoms with Gasteiger partial charge in [-0.2, -0.15) is 0 Å². The van der Waals surface area contributed by atoms with Crippen LogP contribution in [0.15, 0.2) is 60.7 Å². The van der Waals surface area contributed by atoms with Crippen LogP contribution >= 0.6 is 0 Å². The van der Waals surface area contributed by atoms with E-state index in [0.29, 0.717) is 5.56 Å². The molecule has 0 aromatic heterocycles. The second-order valence-corrected chi connectivity index (χ2v) is 17.7. The van der Waals surface area contributed by atoms with E-state index < -0.39 is 111 Å². The number of fused-ring (bicyclic) bond motifs is 5. The fraction of sp³-hybridized carbons (Fsp3) is 0.591. The van der Waals surface area contributed by atoms with Gasteiger partial charge in [0.05, 0.1) is 24.5 Å². The van der Waals surface area contributed by atoms with Crippen LogP contribution in [0.1, 0.15) is 102 Å². The first-order valence-corrected chi connectivity index (χ1v) is 19.6. The first-order chi connectivity index (χ1) is 26.2. The molecule has 1 aliphatic heterocycles. The number of ketones is 3. The van der Waals surface area contributed by atoms with Crippen molar-refractivity contribution in [2.24, 2.45) is 35.0 Å². The molecule has 2 N–H and O–H groups in total. The first-order valence-electron chi connectivity index (χ1n) is 19.6. The summed E-state index contributed by atoms with van der Waals surface area (Å²) >= 11 is 0. The third-order valence-corrected chi connectivity index (χ3v) is 13.0. The molecule has 6 rings (SSSR count). The van der Waals surface area contributed by atoms with E-state index in [2.05, 4.69) is 0 Å². The third-order valence-electron chi connectivity index (χ3n) is 13.0. The molecule has 56 heavy (non-hydrogen) atoms. The third kappa shape index (κ3) is 7.36. The second-order valence-electron chi connectivity index (χ2n) is 17.7. The van der Waals surface area contributed by atoms with E-state index in [-0.39, 0.29) is 44.3 Å². The van der Waals surface area contributed by atoms with Gasteiger partial charge in [0.15, 0.2) is 11.4 Å². The summed E-state index contributed by atoms with van der Waals surface area (Å²) in [5.41, 5.74) is -5.13. The summed E-state index contributed by atoms with van der Waals surface area (Å²) in [7, 11) is 0. The van der Waals surface area contributed by atoms with E-state index in [1.54, 1.807) is 102 Å². The summed E-state index contributed by atoms with van der Waals surface area (Å²) in [6.07, 6.45) is -4.19. The van der Waals surface area contributed by atoms with Crippen LogP contribution in [0.3, 0.4) is 0 Å². The Labute approximate surface area is 327 Å². The van der Waals surface area contributed by atoms with Crippen molar-refractivity contribution in [1.82, 2.24) is 0 Å². The van der Waals surface area contributed by atoms with Crippen molar-refractivity contribution in [2.75, 3.05) is 6.61 Å². The zero-order chi connectivity index (χ0) is 41.0. The molecular formula is C44H54O12. The van der Waals surface area contributed by atoms with Crippen LogP contribution < -0.4 is 0 Å². The van der Waals surface area contributed by atoms with Gasteiger partial charge >= 0.3 is 17.9 Å². The molecule has 0 spiro atoms. The summed E-state index contributed by atoms with van der Waals surface area (Å²) in [5, 5.41) is 25.0. The Bertz CT molecular complexity index is 1850. The van der Waals surface area contributed by atoms with Crippen molar-refractivity contribution in [3.8, 4) is 0 Å². The number of esters is 3. The first kappa shape index (κ1) is 41.4. The fourth-order valence-electron chi connectivity index (χ4n) is 10.3. The average molecular weight is 775 g/mol. The number of ether oxygens (including phenoxy) is 4. The van der Waals surface area contributed by atoms with Gasteiger partial charge in [-0.3, -0.25) is 24.0 Å². The van der Waals surface area contributed by atoms with E-state index in [0.717, 1.165) is 0 Å². The van der Waals surface area contributed by atoms with E-state index in [1.807, 2.05) is 0 Å². The molecule has 3 saturated carbocycles. The minimum atomic E-state index is -2.03. The SMILES string of the molecule is CC(=O)OC12COC1CCC1(C)C(=O)C(=O)C3C(C)C(CC(=O)C(O)C(CC(=O)OC(C)(C)C)c4ccccc4)CC(O)(C3C)C(OC(=O)c3ccccc3)C12. The van der Waals surface area contributed by atoms with Crippen LogP contribution in [0.2, 0.25) is 0 Å². The lowest BCUT2D eigenvalue weighted by Crippen LogP contribution is -2.79. The Morgan fingerprint density at radius 2 is 1.61 bits per heavy atom. The maximum absolute atomic E-state index is 14.7. The Morgan fingerprint density at radius 3 is 2.18 bits per heavy atom. The van der Waals surface area contributed by atoms with Crippen LogP contribution in [0.5, 0.6) is 0 Å². The van der Waals surface area contributed by atoms with Crippen molar-refractivity contribution < 1.29 is 57.9 Å².